The van der Waals surface area contributed by atoms with Crippen molar-refractivity contribution in [2.24, 2.45) is 0 Å². The third-order valence-corrected chi connectivity index (χ3v) is 3.73. The highest BCUT2D eigenvalue weighted by atomic mass is 15.3. The van der Waals surface area contributed by atoms with E-state index < -0.39 is 0 Å². The summed E-state index contributed by atoms with van der Waals surface area (Å²) in [5.41, 5.74) is 0. The van der Waals surface area contributed by atoms with Gasteiger partial charge in [0.2, 0.25) is 0 Å². The molecule has 0 unspecified atom stereocenters. The predicted molar refractivity (Wildman–Crippen MR) is 65.8 cm³/mol. The van der Waals surface area contributed by atoms with Gasteiger partial charge in [-0.2, -0.15) is 0 Å². The van der Waals surface area contributed by atoms with Crippen molar-refractivity contribution in [1.29, 1.82) is 0 Å². The van der Waals surface area contributed by atoms with Crippen LogP contribution in [0.15, 0.2) is 24.5 Å². The minimum atomic E-state index is 1.16. The van der Waals surface area contributed by atoms with E-state index in [1.165, 1.54) is 37.1 Å². The van der Waals surface area contributed by atoms with Gasteiger partial charge >= 0.3 is 0 Å². The van der Waals surface area contributed by atoms with Crippen LogP contribution < -0.4 is 0 Å². The minimum Gasteiger partial charge on any atom is -0.354 e. The number of hydrogen-bond acceptors (Lipinski definition) is 0. The fourth-order valence-electron chi connectivity index (χ4n) is 2.25. The average molecular weight is 209 g/mol. The first-order chi connectivity index (χ1) is 7.26. The summed E-state index contributed by atoms with van der Waals surface area (Å²) in [6.45, 7) is 13.2. The third-order valence-electron chi connectivity index (χ3n) is 3.73. The fourth-order valence-corrected chi connectivity index (χ4v) is 2.25. The van der Waals surface area contributed by atoms with Crippen molar-refractivity contribution in [2.45, 2.75) is 33.7 Å². The summed E-state index contributed by atoms with van der Waals surface area (Å²) >= 11 is 0. The van der Waals surface area contributed by atoms with E-state index in [4.69, 9.17) is 0 Å². The van der Waals surface area contributed by atoms with E-state index in [9.17, 15) is 0 Å². The Hall–Kier alpha value is -0.760. The molecule has 86 valence electrons. The lowest BCUT2D eigenvalue weighted by Gasteiger charge is -2.35. The van der Waals surface area contributed by atoms with Crippen LogP contribution in [-0.2, 0) is 6.54 Å². The molecule has 0 saturated carbocycles. The van der Waals surface area contributed by atoms with Gasteiger partial charge in [0, 0.05) is 25.4 Å². The van der Waals surface area contributed by atoms with E-state index in [1.54, 1.807) is 0 Å². The second kappa shape index (κ2) is 5.96. The Balaban J connectivity index is 2.34. The Kier molecular flexibility index (Phi) is 4.89. The molecule has 1 aromatic rings. The van der Waals surface area contributed by atoms with Gasteiger partial charge in [-0.3, -0.25) is 0 Å². The van der Waals surface area contributed by atoms with Crippen LogP contribution in [0.2, 0.25) is 0 Å². The van der Waals surface area contributed by atoms with Crippen LogP contribution in [0.25, 0.3) is 0 Å². The van der Waals surface area contributed by atoms with Crippen LogP contribution in [0, 0.1) is 0 Å². The third kappa shape index (κ3) is 3.38. The first-order valence-electron chi connectivity index (χ1n) is 6.22. The Bertz CT molecular complexity index is 239. The molecule has 0 N–H and O–H groups in total. The zero-order chi connectivity index (χ0) is 11.1. The van der Waals surface area contributed by atoms with E-state index >= 15 is 0 Å². The Morgan fingerprint density at radius 1 is 0.933 bits per heavy atom. The number of rotatable bonds is 7. The molecule has 0 bridgehead atoms. The van der Waals surface area contributed by atoms with Crippen molar-refractivity contribution < 1.29 is 4.48 Å². The summed E-state index contributed by atoms with van der Waals surface area (Å²) in [5, 5.41) is 0. The van der Waals surface area contributed by atoms with E-state index in [2.05, 4.69) is 49.9 Å². The van der Waals surface area contributed by atoms with Crippen LogP contribution in [0.3, 0.4) is 0 Å². The zero-order valence-electron chi connectivity index (χ0n) is 10.4. The van der Waals surface area contributed by atoms with Gasteiger partial charge in [0.25, 0.3) is 0 Å². The van der Waals surface area contributed by atoms with Gasteiger partial charge in [-0.15, -0.1) is 0 Å². The lowest BCUT2D eigenvalue weighted by atomic mass is 10.3. The van der Waals surface area contributed by atoms with Crippen molar-refractivity contribution >= 4 is 0 Å². The van der Waals surface area contributed by atoms with Crippen LogP contribution in [0.1, 0.15) is 27.2 Å². The summed E-state index contributed by atoms with van der Waals surface area (Å²) in [7, 11) is 0. The summed E-state index contributed by atoms with van der Waals surface area (Å²) in [5.74, 6) is 0. The minimum absolute atomic E-state index is 1.16. The lowest BCUT2D eigenvalue weighted by Crippen LogP contribution is -2.48. The second-order valence-corrected chi connectivity index (χ2v) is 4.29. The van der Waals surface area contributed by atoms with Crippen molar-refractivity contribution in [3.05, 3.63) is 24.5 Å². The van der Waals surface area contributed by atoms with Crippen molar-refractivity contribution in [3.63, 3.8) is 0 Å². The lowest BCUT2D eigenvalue weighted by molar-refractivity contribution is -0.923. The van der Waals surface area contributed by atoms with E-state index in [0.29, 0.717) is 0 Å². The summed E-state index contributed by atoms with van der Waals surface area (Å²) < 4.78 is 3.54. The number of quaternary nitrogens is 1. The first-order valence-corrected chi connectivity index (χ1v) is 6.22. The molecule has 1 aromatic heterocycles. The maximum absolute atomic E-state index is 2.31. The molecule has 0 radical (unpaired) electrons. The first kappa shape index (κ1) is 12.3. The molecule has 1 heterocycles. The largest absolute Gasteiger partial charge is 0.354 e. The molecular weight excluding hydrogens is 184 g/mol. The summed E-state index contributed by atoms with van der Waals surface area (Å²) in [6, 6.07) is 4.20. The highest BCUT2D eigenvalue weighted by Crippen LogP contribution is 2.08. The molecule has 1 rings (SSSR count). The normalized spacial score (nSPS) is 11.9. The Morgan fingerprint density at radius 3 is 1.93 bits per heavy atom. The number of hydrogen-bond donors (Lipinski definition) is 0. The maximum Gasteiger partial charge on any atom is 0.0803 e. The van der Waals surface area contributed by atoms with Gasteiger partial charge in [0.05, 0.1) is 26.2 Å². The second-order valence-electron chi connectivity index (χ2n) is 4.29. The monoisotopic (exact) mass is 209 g/mol. The summed E-state index contributed by atoms with van der Waals surface area (Å²) in [4.78, 5) is 0. The van der Waals surface area contributed by atoms with Crippen molar-refractivity contribution in [1.82, 2.24) is 4.57 Å². The van der Waals surface area contributed by atoms with E-state index in [1.807, 2.05) is 0 Å². The molecule has 0 aromatic carbocycles. The molecule has 0 saturated heterocycles. The maximum atomic E-state index is 2.31. The van der Waals surface area contributed by atoms with Crippen LogP contribution >= 0.6 is 0 Å². The highest BCUT2D eigenvalue weighted by Gasteiger charge is 2.19. The molecule has 2 heteroatoms. The highest BCUT2D eigenvalue weighted by molar-refractivity contribution is 4.89. The van der Waals surface area contributed by atoms with Gasteiger partial charge in [-0.25, -0.2) is 0 Å². The van der Waals surface area contributed by atoms with Crippen LogP contribution in [0.5, 0.6) is 0 Å². The SMILES string of the molecule is CC[N+](CC)(CC)CCCn1cccc1. The van der Waals surface area contributed by atoms with Crippen molar-refractivity contribution in [3.8, 4) is 0 Å². The molecule has 0 aliphatic rings. The quantitative estimate of drug-likeness (QED) is 0.609. The summed E-state index contributed by atoms with van der Waals surface area (Å²) in [6.07, 6.45) is 5.58. The number of nitrogens with zero attached hydrogens (tertiary/aromatic N) is 2. The topological polar surface area (TPSA) is 4.93 Å². The van der Waals surface area contributed by atoms with E-state index in [-0.39, 0.29) is 0 Å². The zero-order valence-corrected chi connectivity index (χ0v) is 10.4. The average Bonchev–Trinajstić information content (AvgIpc) is 2.78. The van der Waals surface area contributed by atoms with E-state index in [0.717, 1.165) is 6.54 Å². The molecule has 2 nitrogen and oxygen atoms in total. The molecule has 0 fully saturated rings. The molecule has 0 atom stereocenters. The molecule has 15 heavy (non-hydrogen) atoms. The molecule has 0 amide bonds. The van der Waals surface area contributed by atoms with Crippen LogP contribution in [-0.4, -0.2) is 35.2 Å². The van der Waals surface area contributed by atoms with Crippen molar-refractivity contribution in [2.75, 3.05) is 26.2 Å². The number of aromatic nitrogens is 1. The Morgan fingerprint density at radius 2 is 1.47 bits per heavy atom. The smallest absolute Gasteiger partial charge is 0.0803 e. The fraction of sp³-hybridized carbons (Fsp3) is 0.692. The van der Waals surface area contributed by atoms with Crippen LogP contribution in [0.4, 0.5) is 0 Å². The van der Waals surface area contributed by atoms with Gasteiger partial charge in [-0.05, 0) is 32.9 Å². The standard InChI is InChI=1S/C13H25N2/c1-4-15(5-2,6-3)13-9-12-14-10-7-8-11-14/h7-8,10-11H,4-6,9,12-13H2,1-3H3/q+1. The molecule has 0 aliphatic carbocycles. The van der Waals surface area contributed by atoms with Gasteiger partial charge in [0.1, 0.15) is 0 Å². The van der Waals surface area contributed by atoms with Gasteiger partial charge in [0.15, 0.2) is 0 Å². The molecular formula is C13H25N2+. The predicted octanol–water partition coefficient (Wildman–Crippen LogP) is 2.75. The molecule has 0 aliphatic heterocycles. The van der Waals surface area contributed by atoms with Gasteiger partial charge in [-0.1, -0.05) is 0 Å². The van der Waals surface area contributed by atoms with Gasteiger partial charge < -0.3 is 9.05 Å². The Labute approximate surface area is 94.1 Å². The molecule has 0 spiro atoms. The number of aryl methyl sites for hydroxylation is 1.